The Labute approximate surface area is 114 Å². The molecule has 0 spiro atoms. The number of carbonyl (C=O) groups excluding carboxylic acids is 2. The molecule has 0 aromatic rings. The first-order valence-corrected chi connectivity index (χ1v) is 7.50. The maximum absolute atomic E-state index is 12.3. The van der Waals surface area contributed by atoms with Crippen molar-refractivity contribution < 1.29 is 9.59 Å². The molecule has 19 heavy (non-hydrogen) atoms. The van der Waals surface area contributed by atoms with Crippen LogP contribution in [0.4, 0.5) is 0 Å². The molecular weight excluding hydrogens is 242 g/mol. The van der Waals surface area contributed by atoms with Gasteiger partial charge >= 0.3 is 0 Å². The van der Waals surface area contributed by atoms with Crippen LogP contribution in [0.25, 0.3) is 0 Å². The molecule has 2 amide bonds. The normalized spacial score (nSPS) is 31.5. The molecule has 0 saturated carbocycles. The van der Waals surface area contributed by atoms with Gasteiger partial charge in [-0.25, -0.2) is 0 Å². The van der Waals surface area contributed by atoms with Crippen molar-refractivity contribution >= 4 is 11.8 Å². The van der Waals surface area contributed by atoms with E-state index in [-0.39, 0.29) is 11.8 Å². The van der Waals surface area contributed by atoms with Crippen molar-refractivity contribution in [3.05, 3.63) is 0 Å². The summed E-state index contributed by atoms with van der Waals surface area (Å²) in [5.74, 6) is 1.77. The molecule has 3 aliphatic rings. The lowest BCUT2D eigenvalue weighted by Gasteiger charge is -2.24. The number of likely N-dealkylation sites (tertiary alicyclic amines) is 2. The van der Waals surface area contributed by atoms with Gasteiger partial charge in [-0.05, 0) is 44.2 Å². The van der Waals surface area contributed by atoms with E-state index < -0.39 is 0 Å². The zero-order chi connectivity index (χ0) is 13.2. The van der Waals surface area contributed by atoms with E-state index in [0.29, 0.717) is 13.0 Å². The number of fused-ring (bicyclic) bond motifs is 1. The number of hydrogen-bond donors (Lipinski definition) is 1. The van der Waals surface area contributed by atoms with Crippen LogP contribution in [0.3, 0.4) is 0 Å². The van der Waals surface area contributed by atoms with E-state index in [2.05, 4.69) is 5.32 Å². The second-order valence-corrected chi connectivity index (χ2v) is 6.06. The van der Waals surface area contributed by atoms with Crippen LogP contribution in [-0.2, 0) is 9.59 Å². The molecule has 0 aromatic heterocycles. The van der Waals surface area contributed by atoms with Gasteiger partial charge in [-0.2, -0.15) is 0 Å². The fraction of sp³-hybridized carbons (Fsp3) is 0.857. The summed E-state index contributed by atoms with van der Waals surface area (Å²) in [6.07, 6.45) is 3.74. The van der Waals surface area contributed by atoms with Crippen molar-refractivity contribution in [2.75, 3.05) is 39.3 Å². The van der Waals surface area contributed by atoms with Gasteiger partial charge in [0, 0.05) is 26.1 Å². The van der Waals surface area contributed by atoms with Crippen LogP contribution in [0.15, 0.2) is 0 Å². The minimum atomic E-state index is 0.142. The van der Waals surface area contributed by atoms with Crippen molar-refractivity contribution in [2.24, 2.45) is 11.8 Å². The molecule has 3 saturated heterocycles. The summed E-state index contributed by atoms with van der Waals surface area (Å²) in [5.41, 5.74) is 0. The second-order valence-electron chi connectivity index (χ2n) is 6.06. The smallest absolute Gasteiger partial charge is 0.242 e. The lowest BCUT2D eigenvalue weighted by atomic mass is 9.92. The summed E-state index contributed by atoms with van der Waals surface area (Å²) in [7, 11) is 0. The molecule has 0 aliphatic carbocycles. The SMILES string of the molecule is O=C(CN1CCCC1=O)N1CC[C@@H]2CNC[C@@H]2CC1. The maximum atomic E-state index is 12.3. The first-order chi connectivity index (χ1) is 9.24. The number of nitrogens with zero attached hydrogens (tertiary/aromatic N) is 2. The third kappa shape index (κ3) is 2.76. The lowest BCUT2D eigenvalue weighted by Crippen LogP contribution is -2.41. The van der Waals surface area contributed by atoms with E-state index in [1.54, 1.807) is 4.90 Å². The Bertz CT molecular complexity index is 358. The standard InChI is InChI=1S/C14H23N3O2/c18-13-2-1-5-17(13)10-14(19)16-6-3-11-8-15-9-12(11)4-7-16/h11-12,15H,1-10H2/t11-,12+. The fourth-order valence-electron chi connectivity index (χ4n) is 3.60. The molecule has 5 heteroatoms. The zero-order valence-electron chi connectivity index (χ0n) is 11.4. The van der Waals surface area contributed by atoms with Crippen molar-refractivity contribution in [3.63, 3.8) is 0 Å². The summed E-state index contributed by atoms with van der Waals surface area (Å²) in [5, 5.41) is 3.44. The van der Waals surface area contributed by atoms with Crippen LogP contribution < -0.4 is 5.32 Å². The van der Waals surface area contributed by atoms with Crippen molar-refractivity contribution in [1.29, 1.82) is 0 Å². The highest BCUT2D eigenvalue weighted by Gasteiger charge is 2.32. The predicted octanol–water partition coefficient (Wildman–Crippen LogP) is 0.0668. The van der Waals surface area contributed by atoms with Gasteiger partial charge in [-0.3, -0.25) is 9.59 Å². The summed E-state index contributed by atoms with van der Waals surface area (Å²) >= 11 is 0. The second kappa shape index (κ2) is 5.49. The quantitative estimate of drug-likeness (QED) is 0.768. The average Bonchev–Trinajstić information content (AvgIpc) is 2.95. The minimum absolute atomic E-state index is 0.142. The molecule has 3 heterocycles. The van der Waals surface area contributed by atoms with Gasteiger partial charge in [0.2, 0.25) is 11.8 Å². The van der Waals surface area contributed by atoms with Crippen molar-refractivity contribution in [1.82, 2.24) is 15.1 Å². The molecule has 0 aromatic carbocycles. The third-order valence-electron chi connectivity index (χ3n) is 4.87. The number of rotatable bonds is 2. The zero-order valence-corrected chi connectivity index (χ0v) is 11.4. The molecule has 3 rings (SSSR count). The first kappa shape index (κ1) is 12.9. The topological polar surface area (TPSA) is 52.7 Å². The van der Waals surface area contributed by atoms with Gasteiger partial charge in [0.25, 0.3) is 0 Å². The number of amides is 2. The average molecular weight is 265 g/mol. The van der Waals surface area contributed by atoms with Gasteiger partial charge in [0.1, 0.15) is 0 Å². The maximum Gasteiger partial charge on any atom is 0.242 e. The van der Waals surface area contributed by atoms with Gasteiger partial charge in [0.15, 0.2) is 0 Å². The molecule has 2 atom stereocenters. The highest BCUT2D eigenvalue weighted by molar-refractivity contribution is 5.85. The van der Waals surface area contributed by atoms with Crippen LogP contribution in [0.2, 0.25) is 0 Å². The van der Waals surface area contributed by atoms with E-state index in [0.717, 1.165) is 63.8 Å². The van der Waals surface area contributed by atoms with E-state index >= 15 is 0 Å². The number of nitrogens with one attached hydrogen (secondary N) is 1. The summed E-state index contributed by atoms with van der Waals surface area (Å²) < 4.78 is 0. The minimum Gasteiger partial charge on any atom is -0.341 e. The van der Waals surface area contributed by atoms with Crippen molar-refractivity contribution in [2.45, 2.75) is 25.7 Å². The van der Waals surface area contributed by atoms with Crippen molar-refractivity contribution in [3.8, 4) is 0 Å². The van der Waals surface area contributed by atoms with Gasteiger partial charge in [0.05, 0.1) is 6.54 Å². The summed E-state index contributed by atoms with van der Waals surface area (Å²) in [6.45, 7) is 5.00. The molecule has 3 aliphatic heterocycles. The number of carbonyl (C=O) groups is 2. The molecular formula is C14H23N3O2. The third-order valence-corrected chi connectivity index (χ3v) is 4.87. The predicted molar refractivity (Wildman–Crippen MR) is 71.5 cm³/mol. The van der Waals surface area contributed by atoms with Crippen LogP contribution in [0.1, 0.15) is 25.7 Å². The lowest BCUT2D eigenvalue weighted by molar-refractivity contribution is -0.138. The molecule has 106 valence electrons. The fourth-order valence-corrected chi connectivity index (χ4v) is 3.60. The molecule has 5 nitrogen and oxygen atoms in total. The number of hydrogen-bond acceptors (Lipinski definition) is 3. The monoisotopic (exact) mass is 265 g/mol. The van der Waals surface area contributed by atoms with Crippen LogP contribution >= 0.6 is 0 Å². The Morgan fingerprint density at radius 2 is 1.84 bits per heavy atom. The van der Waals surface area contributed by atoms with E-state index in [9.17, 15) is 9.59 Å². The van der Waals surface area contributed by atoms with Crippen LogP contribution in [-0.4, -0.2) is 60.9 Å². The largest absolute Gasteiger partial charge is 0.341 e. The molecule has 0 bridgehead atoms. The Kier molecular flexibility index (Phi) is 3.73. The van der Waals surface area contributed by atoms with E-state index in [1.807, 2.05) is 4.90 Å². The van der Waals surface area contributed by atoms with Gasteiger partial charge < -0.3 is 15.1 Å². The van der Waals surface area contributed by atoms with Crippen LogP contribution in [0, 0.1) is 11.8 Å². The Morgan fingerprint density at radius 3 is 2.42 bits per heavy atom. The Morgan fingerprint density at radius 1 is 1.16 bits per heavy atom. The summed E-state index contributed by atoms with van der Waals surface area (Å²) in [6, 6.07) is 0. The summed E-state index contributed by atoms with van der Waals surface area (Å²) in [4.78, 5) is 27.5. The molecule has 0 unspecified atom stereocenters. The Hall–Kier alpha value is -1.10. The highest BCUT2D eigenvalue weighted by Crippen LogP contribution is 2.27. The van der Waals surface area contributed by atoms with E-state index in [4.69, 9.17) is 0 Å². The molecule has 1 N–H and O–H groups in total. The molecule has 3 fully saturated rings. The van der Waals surface area contributed by atoms with Gasteiger partial charge in [-0.1, -0.05) is 0 Å². The first-order valence-electron chi connectivity index (χ1n) is 7.50. The van der Waals surface area contributed by atoms with Crippen LogP contribution in [0.5, 0.6) is 0 Å². The van der Waals surface area contributed by atoms with E-state index in [1.165, 1.54) is 0 Å². The molecule has 0 radical (unpaired) electrons. The highest BCUT2D eigenvalue weighted by atomic mass is 16.2. The Balaban J connectivity index is 1.54. The van der Waals surface area contributed by atoms with Gasteiger partial charge in [-0.15, -0.1) is 0 Å².